The summed E-state index contributed by atoms with van der Waals surface area (Å²) in [7, 11) is 0. The van der Waals surface area contributed by atoms with Gasteiger partial charge in [0.1, 0.15) is 18.0 Å². The molecule has 2 aromatic carbocycles. The molecule has 0 aromatic heterocycles. The summed E-state index contributed by atoms with van der Waals surface area (Å²) in [5, 5.41) is 2.65. The van der Waals surface area contributed by atoms with Crippen LogP contribution in [-0.2, 0) is 14.4 Å². The van der Waals surface area contributed by atoms with Crippen LogP contribution in [0, 0.1) is 0 Å². The summed E-state index contributed by atoms with van der Waals surface area (Å²) in [6, 6.07) is 9.76. The molecule has 180 valence electrons. The molecule has 1 atom stereocenters. The van der Waals surface area contributed by atoms with E-state index in [-0.39, 0.29) is 22.4 Å². The summed E-state index contributed by atoms with van der Waals surface area (Å²) in [4.78, 5) is 55.4. The highest BCUT2D eigenvalue weighted by Crippen LogP contribution is 2.26. The molecule has 3 amide bonds. The van der Waals surface area contributed by atoms with E-state index in [1.54, 1.807) is 32.9 Å². The molecule has 34 heavy (non-hydrogen) atoms. The average Bonchev–Trinajstić information content (AvgIpc) is 3.00. The van der Waals surface area contributed by atoms with Crippen molar-refractivity contribution < 1.29 is 42.3 Å². The second kappa shape index (κ2) is 9.86. The number of amides is 3. The van der Waals surface area contributed by atoms with E-state index in [1.807, 2.05) is 0 Å². The van der Waals surface area contributed by atoms with Gasteiger partial charge in [0, 0.05) is 0 Å². The van der Waals surface area contributed by atoms with E-state index in [0.29, 0.717) is 5.06 Å². The van der Waals surface area contributed by atoms with Crippen LogP contribution in [0.3, 0.4) is 0 Å². The van der Waals surface area contributed by atoms with Gasteiger partial charge in [-0.15, -0.1) is 0 Å². The Hall–Kier alpha value is -4.02. The van der Waals surface area contributed by atoms with Gasteiger partial charge in [-0.3, -0.25) is 9.59 Å². The van der Waals surface area contributed by atoms with E-state index in [0.717, 1.165) is 0 Å². The van der Waals surface area contributed by atoms with Gasteiger partial charge in [-0.25, -0.2) is 18.4 Å². The number of rotatable bonds is 7. The van der Waals surface area contributed by atoms with Gasteiger partial charge in [-0.2, -0.15) is 0 Å². The summed E-state index contributed by atoms with van der Waals surface area (Å²) in [6.07, 6.45) is -3.63. The molecule has 11 heteroatoms. The number of fused-ring (bicyclic) bond motifs is 1. The number of nitrogens with one attached hydrogen (secondary N) is 1. The summed E-state index contributed by atoms with van der Waals surface area (Å²) < 4.78 is 34.8. The molecule has 2 aromatic rings. The first-order valence-electron chi connectivity index (χ1n) is 10.2. The van der Waals surface area contributed by atoms with Crippen LogP contribution in [0.15, 0.2) is 48.5 Å². The number of alkyl halides is 2. The lowest BCUT2D eigenvalue weighted by Gasteiger charge is -2.24. The van der Waals surface area contributed by atoms with Gasteiger partial charge in [-0.1, -0.05) is 29.3 Å². The number of hydrogen-bond acceptors (Lipinski definition) is 7. The molecule has 0 saturated carbocycles. The van der Waals surface area contributed by atoms with Gasteiger partial charge < -0.3 is 19.6 Å². The molecule has 1 aliphatic heterocycles. The lowest BCUT2D eigenvalue weighted by Crippen LogP contribution is -2.42. The Morgan fingerprint density at radius 1 is 0.971 bits per heavy atom. The van der Waals surface area contributed by atoms with E-state index >= 15 is 0 Å². The van der Waals surface area contributed by atoms with Crippen LogP contribution in [0.25, 0.3) is 0 Å². The number of imide groups is 1. The number of ether oxygens (including phenoxy) is 2. The number of halogens is 2. The van der Waals surface area contributed by atoms with Crippen LogP contribution < -0.4 is 10.1 Å². The molecule has 0 radical (unpaired) electrons. The Morgan fingerprint density at radius 3 is 2.03 bits per heavy atom. The number of hydroxylamine groups is 2. The smallest absolute Gasteiger partial charge is 0.408 e. The summed E-state index contributed by atoms with van der Waals surface area (Å²) in [5.74, 6) is -2.71. The maximum Gasteiger partial charge on any atom is 0.408 e. The molecular formula is C23H22F2N2O7. The van der Waals surface area contributed by atoms with Crippen LogP contribution in [0.5, 0.6) is 5.75 Å². The number of hydrogen-bond donors (Lipinski definition) is 1. The summed E-state index contributed by atoms with van der Waals surface area (Å²) in [5.41, 5.74) is -0.583. The Morgan fingerprint density at radius 2 is 1.53 bits per heavy atom. The van der Waals surface area contributed by atoms with Crippen molar-refractivity contribution in [2.45, 2.75) is 38.8 Å². The fourth-order valence-electron chi connectivity index (χ4n) is 3.01. The lowest BCUT2D eigenvalue weighted by atomic mass is 10.1. The molecule has 1 aliphatic rings. The van der Waals surface area contributed by atoms with Crippen LogP contribution in [0.1, 0.15) is 53.1 Å². The molecule has 0 saturated heterocycles. The zero-order valence-corrected chi connectivity index (χ0v) is 18.5. The van der Waals surface area contributed by atoms with Crippen molar-refractivity contribution in [3.8, 4) is 5.75 Å². The van der Waals surface area contributed by atoms with Crippen molar-refractivity contribution in [1.29, 1.82) is 0 Å². The van der Waals surface area contributed by atoms with Crippen molar-refractivity contribution in [3.05, 3.63) is 65.2 Å². The maximum absolute atomic E-state index is 13.0. The minimum Gasteiger partial charge on any atom is -0.488 e. The van der Waals surface area contributed by atoms with Gasteiger partial charge in [0.15, 0.2) is 6.04 Å². The van der Waals surface area contributed by atoms with E-state index in [2.05, 4.69) is 5.32 Å². The first kappa shape index (κ1) is 24.6. The topological polar surface area (TPSA) is 111 Å². The standard InChI is InChI=1S/C23H22F2N2O7/c1-23(2,3)33-22(31)26-18(13-8-10-14(11-9-13)32-12-17(24)25)21(30)34-27-19(28)15-6-4-5-7-16(15)20(27)29/h4-11,17-18H,12H2,1-3H3,(H,26,31). The van der Waals surface area contributed by atoms with E-state index in [9.17, 15) is 28.0 Å². The molecular weight excluding hydrogens is 454 g/mol. The predicted octanol–water partition coefficient (Wildman–Crippen LogP) is 3.65. The molecule has 0 aliphatic carbocycles. The minimum atomic E-state index is -2.67. The fraction of sp³-hybridized carbons (Fsp3) is 0.304. The van der Waals surface area contributed by atoms with Crippen LogP contribution in [0.2, 0.25) is 0 Å². The molecule has 1 N–H and O–H groups in total. The average molecular weight is 476 g/mol. The third-order valence-electron chi connectivity index (χ3n) is 4.42. The maximum atomic E-state index is 13.0. The number of carbonyl (C=O) groups excluding carboxylic acids is 4. The summed E-state index contributed by atoms with van der Waals surface area (Å²) in [6.45, 7) is 4.04. The number of alkyl carbamates (subject to hydrolysis) is 1. The number of carbonyl (C=O) groups is 4. The molecule has 3 rings (SSSR count). The van der Waals surface area contributed by atoms with Gasteiger partial charge >= 0.3 is 12.1 Å². The zero-order valence-electron chi connectivity index (χ0n) is 18.5. The van der Waals surface area contributed by atoms with Crippen molar-refractivity contribution in [2.75, 3.05) is 6.61 Å². The molecule has 0 spiro atoms. The molecule has 0 bridgehead atoms. The highest BCUT2D eigenvalue weighted by molar-refractivity contribution is 6.20. The zero-order chi connectivity index (χ0) is 25.0. The van der Waals surface area contributed by atoms with Crippen molar-refractivity contribution >= 4 is 23.9 Å². The summed E-state index contributed by atoms with van der Waals surface area (Å²) >= 11 is 0. The predicted molar refractivity (Wildman–Crippen MR) is 113 cm³/mol. The SMILES string of the molecule is CC(C)(C)OC(=O)NC(C(=O)ON1C(=O)c2ccccc2C1=O)c1ccc(OCC(F)F)cc1. The third-order valence-corrected chi connectivity index (χ3v) is 4.42. The number of nitrogens with zero attached hydrogens (tertiary/aromatic N) is 1. The van der Waals surface area contributed by atoms with Crippen LogP contribution >= 0.6 is 0 Å². The second-order valence-corrected chi connectivity index (χ2v) is 8.21. The number of benzene rings is 2. The van der Waals surface area contributed by atoms with Crippen molar-refractivity contribution in [1.82, 2.24) is 10.4 Å². The van der Waals surface area contributed by atoms with Gasteiger partial charge in [0.25, 0.3) is 18.2 Å². The molecule has 0 fully saturated rings. The minimum absolute atomic E-state index is 0.0671. The quantitative estimate of drug-likeness (QED) is 0.607. The van der Waals surface area contributed by atoms with E-state index < -0.39 is 48.6 Å². The monoisotopic (exact) mass is 476 g/mol. The van der Waals surface area contributed by atoms with Gasteiger partial charge in [0.2, 0.25) is 0 Å². The highest BCUT2D eigenvalue weighted by Gasteiger charge is 2.40. The fourth-order valence-corrected chi connectivity index (χ4v) is 3.01. The molecule has 9 nitrogen and oxygen atoms in total. The van der Waals surface area contributed by atoms with Crippen LogP contribution in [0.4, 0.5) is 13.6 Å². The van der Waals surface area contributed by atoms with E-state index in [4.69, 9.17) is 14.3 Å². The van der Waals surface area contributed by atoms with Gasteiger partial charge in [-0.05, 0) is 50.6 Å². The highest BCUT2D eigenvalue weighted by atomic mass is 19.3. The first-order chi connectivity index (χ1) is 16.0. The Labute approximate surface area is 193 Å². The normalized spacial score (nSPS) is 14.0. The van der Waals surface area contributed by atoms with Crippen molar-refractivity contribution in [3.63, 3.8) is 0 Å². The third kappa shape index (κ3) is 5.85. The molecule has 1 heterocycles. The Kier molecular flexibility index (Phi) is 7.14. The second-order valence-electron chi connectivity index (χ2n) is 8.21. The first-order valence-corrected chi connectivity index (χ1v) is 10.2. The lowest BCUT2D eigenvalue weighted by molar-refractivity contribution is -0.171. The largest absolute Gasteiger partial charge is 0.488 e. The van der Waals surface area contributed by atoms with Crippen LogP contribution in [-0.4, -0.2) is 47.6 Å². The Bertz CT molecular complexity index is 1060. The van der Waals surface area contributed by atoms with Gasteiger partial charge in [0.05, 0.1) is 11.1 Å². The Balaban J connectivity index is 1.82. The molecule has 1 unspecified atom stereocenters. The van der Waals surface area contributed by atoms with E-state index in [1.165, 1.54) is 36.4 Å². The van der Waals surface area contributed by atoms with Crippen molar-refractivity contribution in [2.24, 2.45) is 0 Å².